The molecule has 20 heavy (non-hydrogen) atoms. The van der Waals surface area contributed by atoms with Gasteiger partial charge in [-0.3, -0.25) is 9.48 Å². The average molecular weight is 279 g/mol. The Kier molecular flexibility index (Phi) is 5.52. The van der Waals surface area contributed by atoms with E-state index in [4.69, 9.17) is 5.73 Å². The topological polar surface area (TPSA) is 85.8 Å². The third-order valence-electron chi connectivity index (χ3n) is 4.10. The normalized spacial score (nSPS) is 17.9. The van der Waals surface area contributed by atoms with Crippen LogP contribution in [0.15, 0.2) is 6.20 Å². The van der Waals surface area contributed by atoms with Crippen LogP contribution in [0.2, 0.25) is 0 Å². The van der Waals surface area contributed by atoms with Gasteiger partial charge in [0.2, 0.25) is 0 Å². The number of hydrogen-bond donors (Lipinski definition) is 2. The predicted molar refractivity (Wildman–Crippen MR) is 77.2 cm³/mol. The molecule has 0 aliphatic heterocycles. The van der Waals surface area contributed by atoms with Crippen molar-refractivity contribution in [3.8, 4) is 0 Å². The first-order chi connectivity index (χ1) is 9.74. The highest BCUT2D eigenvalue weighted by Crippen LogP contribution is 2.27. The second kappa shape index (κ2) is 7.38. The molecule has 1 aliphatic carbocycles. The smallest absolute Gasteiger partial charge is 0.273 e. The summed E-state index contributed by atoms with van der Waals surface area (Å²) in [6, 6.07) is 0.252. The van der Waals surface area contributed by atoms with E-state index in [0.29, 0.717) is 24.7 Å². The summed E-state index contributed by atoms with van der Waals surface area (Å²) in [5, 5.41) is 10.9. The third-order valence-corrected chi connectivity index (χ3v) is 4.10. The summed E-state index contributed by atoms with van der Waals surface area (Å²) in [7, 11) is 0. The van der Waals surface area contributed by atoms with Gasteiger partial charge in [0, 0.05) is 12.6 Å². The van der Waals surface area contributed by atoms with Gasteiger partial charge in [0.15, 0.2) is 5.69 Å². The summed E-state index contributed by atoms with van der Waals surface area (Å²) in [5.74, 6) is 0.488. The van der Waals surface area contributed by atoms with Crippen LogP contribution in [0.3, 0.4) is 0 Å². The van der Waals surface area contributed by atoms with E-state index in [1.54, 1.807) is 10.9 Å². The molecule has 6 heteroatoms. The molecule has 1 fully saturated rings. The summed E-state index contributed by atoms with van der Waals surface area (Å²) in [4.78, 5) is 12.2. The van der Waals surface area contributed by atoms with Crippen molar-refractivity contribution < 1.29 is 4.79 Å². The largest absolute Gasteiger partial charge is 0.348 e. The Labute approximate surface area is 120 Å². The Morgan fingerprint density at radius 1 is 1.50 bits per heavy atom. The van der Waals surface area contributed by atoms with Crippen molar-refractivity contribution in [3.05, 3.63) is 11.9 Å². The molecule has 1 saturated carbocycles. The molecule has 1 heterocycles. The first-order valence-corrected chi connectivity index (χ1v) is 7.65. The van der Waals surface area contributed by atoms with Crippen molar-refractivity contribution in [2.24, 2.45) is 11.7 Å². The van der Waals surface area contributed by atoms with Crippen molar-refractivity contribution in [1.29, 1.82) is 0 Å². The Bertz CT molecular complexity index is 425. The molecule has 0 spiro atoms. The SMILES string of the molecule is CCC(NC(=O)c1cn(CCN)nn1)C1CCCCC1. The second-order valence-corrected chi connectivity index (χ2v) is 5.54. The van der Waals surface area contributed by atoms with Gasteiger partial charge < -0.3 is 11.1 Å². The number of nitrogens with two attached hydrogens (primary N) is 1. The molecule has 3 N–H and O–H groups in total. The molecular weight excluding hydrogens is 254 g/mol. The van der Waals surface area contributed by atoms with Gasteiger partial charge in [0.05, 0.1) is 12.7 Å². The number of nitrogens with zero attached hydrogens (tertiary/aromatic N) is 3. The van der Waals surface area contributed by atoms with Gasteiger partial charge in [-0.15, -0.1) is 5.10 Å². The lowest BCUT2D eigenvalue weighted by Crippen LogP contribution is -2.40. The Morgan fingerprint density at radius 2 is 2.25 bits per heavy atom. The summed E-state index contributed by atoms with van der Waals surface area (Å²) in [6.07, 6.45) is 8.96. The quantitative estimate of drug-likeness (QED) is 0.822. The number of amides is 1. The molecule has 1 aliphatic rings. The molecule has 1 aromatic heterocycles. The number of nitrogens with one attached hydrogen (secondary N) is 1. The van der Waals surface area contributed by atoms with Crippen LogP contribution in [0.5, 0.6) is 0 Å². The summed E-state index contributed by atoms with van der Waals surface area (Å²) in [5.41, 5.74) is 5.84. The van der Waals surface area contributed by atoms with Gasteiger partial charge in [-0.2, -0.15) is 0 Å². The maximum atomic E-state index is 12.2. The molecule has 1 unspecified atom stereocenters. The molecule has 0 aromatic carbocycles. The lowest BCUT2D eigenvalue weighted by molar-refractivity contribution is 0.0906. The fourth-order valence-corrected chi connectivity index (χ4v) is 2.98. The van der Waals surface area contributed by atoms with E-state index in [2.05, 4.69) is 22.6 Å². The van der Waals surface area contributed by atoms with Gasteiger partial charge in [0.1, 0.15) is 0 Å². The highest BCUT2D eigenvalue weighted by atomic mass is 16.2. The zero-order chi connectivity index (χ0) is 14.4. The molecule has 6 nitrogen and oxygen atoms in total. The van der Waals surface area contributed by atoms with Crippen molar-refractivity contribution >= 4 is 5.91 Å². The predicted octanol–water partition coefficient (Wildman–Crippen LogP) is 1.33. The van der Waals surface area contributed by atoms with Crippen LogP contribution in [-0.2, 0) is 6.54 Å². The summed E-state index contributed by atoms with van der Waals surface area (Å²) < 4.78 is 1.61. The lowest BCUT2D eigenvalue weighted by Gasteiger charge is -2.30. The van der Waals surface area contributed by atoms with Crippen LogP contribution >= 0.6 is 0 Å². The highest BCUT2D eigenvalue weighted by molar-refractivity contribution is 5.92. The zero-order valence-corrected chi connectivity index (χ0v) is 12.2. The molecule has 2 rings (SSSR count). The van der Waals surface area contributed by atoms with Gasteiger partial charge in [-0.25, -0.2) is 0 Å². The zero-order valence-electron chi connectivity index (χ0n) is 12.2. The monoisotopic (exact) mass is 279 g/mol. The van der Waals surface area contributed by atoms with E-state index in [-0.39, 0.29) is 11.9 Å². The number of hydrogen-bond acceptors (Lipinski definition) is 4. The number of aromatic nitrogens is 3. The number of carbonyl (C=O) groups excluding carboxylic acids is 1. The number of carbonyl (C=O) groups is 1. The van der Waals surface area contributed by atoms with Crippen LogP contribution in [-0.4, -0.2) is 33.5 Å². The van der Waals surface area contributed by atoms with Crippen LogP contribution in [0.25, 0.3) is 0 Å². The van der Waals surface area contributed by atoms with E-state index in [0.717, 1.165) is 6.42 Å². The van der Waals surface area contributed by atoms with Crippen molar-refractivity contribution in [3.63, 3.8) is 0 Å². The summed E-state index contributed by atoms with van der Waals surface area (Å²) in [6.45, 7) is 3.20. The van der Waals surface area contributed by atoms with E-state index in [1.807, 2.05) is 0 Å². The fraction of sp³-hybridized carbons (Fsp3) is 0.786. The first kappa shape index (κ1) is 15.0. The minimum absolute atomic E-state index is 0.120. The van der Waals surface area contributed by atoms with Gasteiger partial charge in [-0.05, 0) is 25.2 Å². The Balaban J connectivity index is 1.93. The second-order valence-electron chi connectivity index (χ2n) is 5.54. The van der Waals surface area contributed by atoms with E-state index in [1.165, 1.54) is 32.1 Å². The van der Waals surface area contributed by atoms with Gasteiger partial charge in [-0.1, -0.05) is 31.4 Å². The molecule has 1 aromatic rings. The number of rotatable bonds is 6. The van der Waals surface area contributed by atoms with Crippen LogP contribution in [0, 0.1) is 5.92 Å². The maximum absolute atomic E-state index is 12.2. The molecular formula is C14H25N5O. The summed E-state index contributed by atoms with van der Waals surface area (Å²) >= 11 is 0. The minimum atomic E-state index is -0.120. The Hall–Kier alpha value is -1.43. The Morgan fingerprint density at radius 3 is 2.90 bits per heavy atom. The first-order valence-electron chi connectivity index (χ1n) is 7.65. The molecule has 0 saturated heterocycles. The molecule has 112 valence electrons. The highest BCUT2D eigenvalue weighted by Gasteiger charge is 2.24. The van der Waals surface area contributed by atoms with Gasteiger partial charge in [0.25, 0.3) is 5.91 Å². The lowest BCUT2D eigenvalue weighted by atomic mass is 9.83. The maximum Gasteiger partial charge on any atom is 0.273 e. The molecule has 0 radical (unpaired) electrons. The van der Waals surface area contributed by atoms with Gasteiger partial charge >= 0.3 is 0 Å². The fourth-order valence-electron chi connectivity index (χ4n) is 2.98. The van der Waals surface area contributed by atoms with Crippen molar-refractivity contribution in [1.82, 2.24) is 20.3 Å². The average Bonchev–Trinajstić information content (AvgIpc) is 2.94. The van der Waals surface area contributed by atoms with Crippen LogP contribution in [0.4, 0.5) is 0 Å². The standard InChI is InChI=1S/C14H25N5O/c1-2-12(11-6-4-3-5-7-11)16-14(20)13-10-19(9-8-15)18-17-13/h10-12H,2-9,15H2,1H3,(H,16,20). The molecule has 0 bridgehead atoms. The van der Waals surface area contributed by atoms with Crippen molar-refractivity contribution in [2.75, 3.05) is 6.54 Å². The van der Waals surface area contributed by atoms with E-state index >= 15 is 0 Å². The van der Waals surface area contributed by atoms with Crippen LogP contribution in [0.1, 0.15) is 55.9 Å². The van der Waals surface area contributed by atoms with Crippen molar-refractivity contribution in [2.45, 2.75) is 58.0 Å². The van der Waals surface area contributed by atoms with Crippen LogP contribution < -0.4 is 11.1 Å². The van der Waals surface area contributed by atoms with E-state index < -0.39 is 0 Å². The molecule has 1 amide bonds. The minimum Gasteiger partial charge on any atom is -0.348 e. The third kappa shape index (κ3) is 3.79. The molecule has 1 atom stereocenters. The van der Waals surface area contributed by atoms with E-state index in [9.17, 15) is 4.79 Å².